The van der Waals surface area contributed by atoms with Crippen LogP contribution < -0.4 is 5.32 Å². The monoisotopic (exact) mass is 447 g/mol. The maximum absolute atomic E-state index is 12.8. The van der Waals surface area contributed by atoms with Gasteiger partial charge in [-0.2, -0.15) is 0 Å². The standard InChI is InChI=1S/C28H37N3O2/c1-30-17-13-23(14-18-30)8-7-22-9-11-26(12-10-22)29-28(33)25-15-19-31(20-16-25)27(32)21-24-5-3-2-4-6-24/h2-6,9-12,23,25H,7-8,13-21H2,1H3,(H,29,33). The van der Waals surface area contributed by atoms with E-state index in [1.165, 1.54) is 37.9 Å². The van der Waals surface area contributed by atoms with Crippen LogP contribution in [0.4, 0.5) is 5.69 Å². The number of benzene rings is 2. The molecule has 2 heterocycles. The molecule has 0 spiro atoms. The van der Waals surface area contributed by atoms with Crippen molar-refractivity contribution in [2.75, 3.05) is 38.5 Å². The number of piperidine rings is 2. The number of nitrogens with one attached hydrogen (secondary N) is 1. The Bertz CT molecular complexity index is 896. The molecule has 2 aliphatic rings. The summed E-state index contributed by atoms with van der Waals surface area (Å²) in [6.45, 7) is 3.74. The molecule has 0 unspecified atom stereocenters. The van der Waals surface area contributed by atoms with Crippen molar-refractivity contribution in [2.45, 2.75) is 44.9 Å². The summed E-state index contributed by atoms with van der Waals surface area (Å²) >= 11 is 0. The van der Waals surface area contributed by atoms with E-state index in [1.54, 1.807) is 0 Å². The van der Waals surface area contributed by atoms with E-state index in [1.807, 2.05) is 47.4 Å². The number of hydrogen-bond acceptors (Lipinski definition) is 3. The lowest BCUT2D eigenvalue weighted by molar-refractivity contribution is -0.133. The zero-order valence-corrected chi connectivity index (χ0v) is 19.8. The van der Waals surface area contributed by atoms with Gasteiger partial charge in [0, 0.05) is 24.7 Å². The molecule has 2 amide bonds. The molecule has 0 bridgehead atoms. The highest BCUT2D eigenvalue weighted by Crippen LogP contribution is 2.23. The quantitative estimate of drug-likeness (QED) is 0.685. The molecule has 2 aromatic carbocycles. The van der Waals surface area contributed by atoms with Crippen molar-refractivity contribution >= 4 is 17.5 Å². The van der Waals surface area contributed by atoms with Gasteiger partial charge in [0.05, 0.1) is 6.42 Å². The largest absolute Gasteiger partial charge is 0.342 e. The van der Waals surface area contributed by atoms with Gasteiger partial charge in [-0.15, -0.1) is 0 Å². The summed E-state index contributed by atoms with van der Waals surface area (Å²) in [7, 11) is 2.21. The Morgan fingerprint density at radius 1 is 0.848 bits per heavy atom. The first kappa shape index (κ1) is 23.5. The highest BCUT2D eigenvalue weighted by atomic mass is 16.2. The fraction of sp³-hybridized carbons (Fsp3) is 0.500. The van der Waals surface area contributed by atoms with Gasteiger partial charge in [-0.25, -0.2) is 0 Å². The third-order valence-corrected chi connectivity index (χ3v) is 7.32. The Balaban J connectivity index is 1.18. The first-order valence-electron chi connectivity index (χ1n) is 12.5. The minimum Gasteiger partial charge on any atom is -0.342 e. The van der Waals surface area contributed by atoms with E-state index in [2.05, 4.69) is 29.4 Å². The Labute approximate surface area is 198 Å². The van der Waals surface area contributed by atoms with Crippen LogP contribution in [0.3, 0.4) is 0 Å². The predicted molar refractivity (Wildman–Crippen MR) is 133 cm³/mol. The van der Waals surface area contributed by atoms with Gasteiger partial charge in [0.25, 0.3) is 0 Å². The molecule has 0 atom stereocenters. The molecule has 0 radical (unpaired) electrons. The second-order valence-corrected chi connectivity index (χ2v) is 9.79. The van der Waals surface area contributed by atoms with Gasteiger partial charge in [0.2, 0.25) is 11.8 Å². The molecule has 0 aromatic heterocycles. The van der Waals surface area contributed by atoms with Crippen molar-refractivity contribution in [3.8, 4) is 0 Å². The fourth-order valence-electron chi connectivity index (χ4n) is 4.99. The molecule has 33 heavy (non-hydrogen) atoms. The van der Waals surface area contributed by atoms with Crippen molar-refractivity contribution < 1.29 is 9.59 Å². The van der Waals surface area contributed by atoms with E-state index < -0.39 is 0 Å². The molecule has 0 saturated carbocycles. The van der Waals surface area contributed by atoms with Crippen LogP contribution >= 0.6 is 0 Å². The molecule has 2 aromatic rings. The van der Waals surface area contributed by atoms with Gasteiger partial charge in [-0.1, -0.05) is 42.5 Å². The van der Waals surface area contributed by atoms with E-state index in [0.29, 0.717) is 19.5 Å². The summed E-state index contributed by atoms with van der Waals surface area (Å²) < 4.78 is 0. The molecular weight excluding hydrogens is 410 g/mol. The summed E-state index contributed by atoms with van der Waals surface area (Å²) in [6.07, 6.45) is 6.85. The summed E-state index contributed by atoms with van der Waals surface area (Å²) in [5.41, 5.74) is 3.25. The van der Waals surface area contributed by atoms with E-state index in [0.717, 1.165) is 36.4 Å². The second-order valence-electron chi connectivity index (χ2n) is 9.79. The molecular formula is C28H37N3O2. The van der Waals surface area contributed by atoms with Crippen LogP contribution in [-0.2, 0) is 22.4 Å². The van der Waals surface area contributed by atoms with Gasteiger partial charge in [0.1, 0.15) is 0 Å². The van der Waals surface area contributed by atoms with Crippen LogP contribution in [-0.4, -0.2) is 54.8 Å². The number of carbonyl (C=O) groups excluding carboxylic acids is 2. The van der Waals surface area contributed by atoms with Gasteiger partial charge in [-0.3, -0.25) is 9.59 Å². The average molecular weight is 448 g/mol. The number of nitrogens with zero attached hydrogens (tertiary/aromatic N) is 2. The predicted octanol–water partition coefficient (Wildman–Crippen LogP) is 4.38. The topological polar surface area (TPSA) is 52.7 Å². The van der Waals surface area contributed by atoms with Crippen LogP contribution in [0.2, 0.25) is 0 Å². The third kappa shape index (κ3) is 6.91. The minimum absolute atomic E-state index is 0.0325. The van der Waals surface area contributed by atoms with Crippen LogP contribution in [0.25, 0.3) is 0 Å². The Hall–Kier alpha value is -2.66. The maximum atomic E-state index is 12.8. The highest BCUT2D eigenvalue weighted by molar-refractivity contribution is 5.92. The van der Waals surface area contributed by atoms with E-state index in [4.69, 9.17) is 0 Å². The molecule has 1 N–H and O–H groups in total. The summed E-state index contributed by atoms with van der Waals surface area (Å²) in [5.74, 6) is 1.03. The van der Waals surface area contributed by atoms with Gasteiger partial charge >= 0.3 is 0 Å². The Kier molecular flexibility index (Phi) is 8.16. The molecule has 0 aliphatic carbocycles. The van der Waals surface area contributed by atoms with Crippen molar-refractivity contribution in [3.05, 3.63) is 65.7 Å². The molecule has 5 heteroatoms. The van der Waals surface area contributed by atoms with Crippen LogP contribution in [0, 0.1) is 11.8 Å². The average Bonchev–Trinajstić information content (AvgIpc) is 2.85. The highest BCUT2D eigenvalue weighted by Gasteiger charge is 2.27. The van der Waals surface area contributed by atoms with Gasteiger partial charge in [0.15, 0.2) is 0 Å². The number of aryl methyl sites for hydroxylation is 1. The SMILES string of the molecule is CN1CCC(CCc2ccc(NC(=O)C3CCN(C(=O)Cc4ccccc4)CC3)cc2)CC1. The first-order valence-corrected chi connectivity index (χ1v) is 12.5. The molecule has 176 valence electrons. The Morgan fingerprint density at radius 3 is 2.18 bits per heavy atom. The lowest BCUT2D eigenvalue weighted by atomic mass is 9.91. The van der Waals surface area contributed by atoms with Crippen molar-refractivity contribution in [1.29, 1.82) is 0 Å². The molecule has 2 aliphatic heterocycles. The number of anilines is 1. The van der Waals surface area contributed by atoms with E-state index in [9.17, 15) is 9.59 Å². The third-order valence-electron chi connectivity index (χ3n) is 7.32. The van der Waals surface area contributed by atoms with Crippen molar-refractivity contribution in [1.82, 2.24) is 9.80 Å². The minimum atomic E-state index is -0.0325. The molecule has 5 nitrogen and oxygen atoms in total. The lowest BCUT2D eigenvalue weighted by Gasteiger charge is -2.31. The maximum Gasteiger partial charge on any atom is 0.227 e. The Morgan fingerprint density at radius 2 is 1.52 bits per heavy atom. The first-order chi connectivity index (χ1) is 16.1. The lowest BCUT2D eigenvalue weighted by Crippen LogP contribution is -2.42. The number of hydrogen-bond donors (Lipinski definition) is 1. The zero-order chi connectivity index (χ0) is 23.0. The number of likely N-dealkylation sites (tertiary alicyclic amines) is 2. The summed E-state index contributed by atoms with van der Waals surface area (Å²) in [5, 5.41) is 3.09. The van der Waals surface area contributed by atoms with Crippen molar-refractivity contribution in [2.24, 2.45) is 11.8 Å². The number of carbonyl (C=O) groups is 2. The van der Waals surface area contributed by atoms with Crippen LogP contribution in [0.15, 0.2) is 54.6 Å². The van der Waals surface area contributed by atoms with E-state index >= 15 is 0 Å². The zero-order valence-electron chi connectivity index (χ0n) is 19.8. The van der Waals surface area contributed by atoms with Gasteiger partial charge < -0.3 is 15.1 Å². The summed E-state index contributed by atoms with van der Waals surface area (Å²) in [4.78, 5) is 29.6. The summed E-state index contributed by atoms with van der Waals surface area (Å²) in [6, 6.07) is 18.2. The van der Waals surface area contributed by atoms with Gasteiger partial charge in [-0.05, 0) is 87.8 Å². The van der Waals surface area contributed by atoms with Crippen LogP contribution in [0.5, 0.6) is 0 Å². The smallest absolute Gasteiger partial charge is 0.227 e. The van der Waals surface area contributed by atoms with Crippen molar-refractivity contribution in [3.63, 3.8) is 0 Å². The second kappa shape index (κ2) is 11.5. The fourth-order valence-corrected chi connectivity index (χ4v) is 4.99. The molecule has 2 saturated heterocycles. The molecule has 2 fully saturated rings. The number of rotatable bonds is 7. The normalized spacial score (nSPS) is 18.3. The number of amides is 2. The molecule has 4 rings (SSSR count). The van der Waals surface area contributed by atoms with E-state index in [-0.39, 0.29) is 17.7 Å². The van der Waals surface area contributed by atoms with Crippen LogP contribution in [0.1, 0.15) is 43.2 Å².